The van der Waals surface area contributed by atoms with Crippen molar-refractivity contribution in [3.63, 3.8) is 0 Å². The second kappa shape index (κ2) is 11.7. The number of ether oxygens (including phenoxy) is 1. The number of carbonyl (C=O) groups is 1. The molecule has 1 aromatic rings. The first kappa shape index (κ1) is 22.2. The predicted molar refractivity (Wildman–Crippen MR) is 91.1 cm³/mol. The summed E-state index contributed by atoms with van der Waals surface area (Å²) in [5.74, 6) is 0.503. The Balaban J connectivity index is 0.000000448. The number of nitrogens with zero attached hydrogens (tertiary/aromatic N) is 2. The third-order valence-corrected chi connectivity index (χ3v) is 3.49. The molecule has 0 unspecified atom stereocenters. The maximum Gasteiger partial charge on any atom is 2.00 e. The van der Waals surface area contributed by atoms with E-state index < -0.39 is 0 Å². The number of hydrogen-bond donors (Lipinski definition) is 1. The first-order chi connectivity index (χ1) is 11.7. The number of esters is 1. The monoisotopic (exact) mass is 382 g/mol. The third-order valence-electron chi connectivity index (χ3n) is 3.49. The van der Waals surface area contributed by atoms with Crippen molar-refractivity contribution in [2.75, 3.05) is 13.2 Å². The fourth-order valence-corrected chi connectivity index (χ4v) is 2.36. The van der Waals surface area contributed by atoms with Gasteiger partial charge in [0.15, 0.2) is 0 Å². The van der Waals surface area contributed by atoms with Crippen LogP contribution in [0.4, 0.5) is 0 Å². The Morgan fingerprint density at radius 1 is 1.12 bits per heavy atom. The molecule has 6 heteroatoms. The van der Waals surface area contributed by atoms with Gasteiger partial charge < -0.3 is 9.84 Å². The molecule has 0 saturated heterocycles. The van der Waals surface area contributed by atoms with E-state index in [0.29, 0.717) is 30.1 Å². The Morgan fingerprint density at radius 2 is 1.68 bits per heavy atom. The Kier molecular flexibility index (Phi) is 10.4. The van der Waals surface area contributed by atoms with Gasteiger partial charge in [0.1, 0.15) is 5.56 Å². The van der Waals surface area contributed by atoms with E-state index in [0.717, 1.165) is 5.92 Å². The van der Waals surface area contributed by atoms with E-state index in [-0.39, 0.29) is 29.6 Å². The average molecular weight is 382 g/mol. The van der Waals surface area contributed by atoms with E-state index in [1.165, 1.54) is 0 Å². The number of carbonyl (C=O) groups excluding carboxylic acids is 1. The van der Waals surface area contributed by atoms with Crippen molar-refractivity contribution in [1.82, 2.24) is 9.78 Å². The fourth-order valence-electron chi connectivity index (χ4n) is 2.36. The van der Waals surface area contributed by atoms with Gasteiger partial charge in [-0.05, 0) is 71.6 Å². The zero-order valence-electron chi connectivity index (χ0n) is 14.3. The zero-order valence-corrected chi connectivity index (χ0v) is 15.4. The standard InChI is InChI=1S/C14H17N2O3.C5H5.Fe/c1-3-19-14(18)12-10(2)16(8-9-17)15-13(12)11-6-4-5-7-11;1-2-4-5-3-1;/h4-7,17H,3,8-9H2,1-2H3;1-5H;/q;;+2. The fraction of sp³-hybridized carbons (Fsp3) is 0.263. The van der Waals surface area contributed by atoms with E-state index >= 15 is 0 Å². The van der Waals surface area contributed by atoms with Crippen molar-refractivity contribution in [1.29, 1.82) is 0 Å². The van der Waals surface area contributed by atoms with E-state index in [1.807, 2.05) is 57.8 Å². The van der Waals surface area contributed by atoms with Gasteiger partial charge in [-0.1, -0.05) is 0 Å². The number of aromatic nitrogens is 2. The first-order valence-electron chi connectivity index (χ1n) is 7.93. The van der Waals surface area contributed by atoms with Crippen molar-refractivity contribution >= 4 is 5.97 Å². The van der Waals surface area contributed by atoms with Gasteiger partial charge in [-0.25, -0.2) is 4.79 Å². The molecular weight excluding hydrogens is 360 g/mol. The van der Waals surface area contributed by atoms with Crippen LogP contribution in [0.1, 0.15) is 28.7 Å². The van der Waals surface area contributed by atoms with Gasteiger partial charge in [-0.3, -0.25) is 4.68 Å². The first-order valence-corrected chi connectivity index (χ1v) is 7.93. The molecule has 2 fully saturated rings. The van der Waals surface area contributed by atoms with Crippen LogP contribution in [0.15, 0.2) is 0 Å². The minimum absolute atomic E-state index is 0. The summed E-state index contributed by atoms with van der Waals surface area (Å²) < 4.78 is 6.72. The average Bonchev–Trinajstić information content (AvgIpc) is 3.32. The normalized spacial score (nSPS) is 16.9. The van der Waals surface area contributed by atoms with Crippen LogP contribution >= 0.6 is 0 Å². The summed E-state index contributed by atoms with van der Waals surface area (Å²) in [5, 5.41) is 13.4. The molecule has 2 saturated carbocycles. The van der Waals surface area contributed by atoms with E-state index in [2.05, 4.69) is 5.10 Å². The molecule has 132 valence electrons. The van der Waals surface area contributed by atoms with Crippen LogP contribution in [-0.4, -0.2) is 34.1 Å². The van der Waals surface area contributed by atoms with Crippen LogP contribution in [0.2, 0.25) is 0 Å². The molecule has 3 rings (SSSR count). The van der Waals surface area contributed by atoms with Crippen LogP contribution in [0, 0.1) is 70.6 Å². The molecule has 0 spiro atoms. The van der Waals surface area contributed by atoms with Crippen LogP contribution in [0.3, 0.4) is 0 Å². The second-order valence-corrected chi connectivity index (χ2v) is 5.11. The predicted octanol–water partition coefficient (Wildman–Crippen LogP) is 2.13. The summed E-state index contributed by atoms with van der Waals surface area (Å²) in [6.07, 6.45) is 17.6. The molecule has 1 aromatic heterocycles. The van der Waals surface area contributed by atoms with Crippen molar-refractivity contribution in [3.8, 4) is 0 Å². The summed E-state index contributed by atoms with van der Waals surface area (Å²) in [6, 6.07) is 0. The molecule has 2 aliphatic carbocycles. The largest absolute Gasteiger partial charge is 2.00 e. The molecule has 0 aliphatic heterocycles. The number of rotatable bonds is 5. The van der Waals surface area contributed by atoms with Crippen molar-refractivity contribution in [2.24, 2.45) is 0 Å². The van der Waals surface area contributed by atoms with Gasteiger partial charge >= 0.3 is 23.0 Å². The minimum atomic E-state index is -0.375. The molecule has 1 N–H and O–H groups in total. The minimum Gasteiger partial charge on any atom is -0.462 e. The van der Waals surface area contributed by atoms with Gasteiger partial charge in [0, 0.05) is 5.92 Å². The Bertz CT molecular complexity index is 513. The van der Waals surface area contributed by atoms with Crippen molar-refractivity contribution < 1.29 is 31.7 Å². The quantitative estimate of drug-likeness (QED) is 0.626. The molecule has 1 heterocycles. The summed E-state index contributed by atoms with van der Waals surface area (Å²) >= 11 is 0. The topological polar surface area (TPSA) is 64.3 Å². The van der Waals surface area contributed by atoms with Crippen molar-refractivity contribution in [2.45, 2.75) is 20.4 Å². The molecule has 10 radical (unpaired) electrons. The van der Waals surface area contributed by atoms with Gasteiger partial charge in [-0.2, -0.15) is 5.10 Å². The van der Waals surface area contributed by atoms with Crippen LogP contribution < -0.4 is 0 Å². The molecular formula is C19H22FeN2O3+2. The number of aliphatic hydroxyl groups excluding tert-OH is 1. The molecule has 5 nitrogen and oxygen atoms in total. The van der Waals surface area contributed by atoms with Crippen LogP contribution in [0.25, 0.3) is 0 Å². The smallest absolute Gasteiger partial charge is 0.462 e. The maximum absolute atomic E-state index is 12.1. The second-order valence-electron chi connectivity index (χ2n) is 5.11. The number of hydrogen-bond acceptors (Lipinski definition) is 4. The molecule has 0 atom stereocenters. The molecule has 0 amide bonds. The summed E-state index contributed by atoms with van der Waals surface area (Å²) in [6.45, 7) is 4.24. The molecule has 2 aliphatic rings. The van der Waals surface area contributed by atoms with Crippen LogP contribution in [0.5, 0.6) is 0 Å². The van der Waals surface area contributed by atoms with Gasteiger partial charge in [0.25, 0.3) is 0 Å². The zero-order chi connectivity index (χ0) is 17.4. The van der Waals surface area contributed by atoms with Gasteiger partial charge in [0.2, 0.25) is 0 Å². The maximum atomic E-state index is 12.1. The Hall–Kier alpha value is -0.841. The number of aliphatic hydroxyl groups is 1. The molecule has 0 aromatic carbocycles. The summed E-state index contributed by atoms with van der Waals surface area (Å²) in [4.78, 5) is 12.1. The van der Waals surface area contributed by atoms with Crippen molar-refractivity contribution in [3.05, 3.63) is 80.7 Å². The van der Waals surface area contributed by atoms with E-state index in [1.54, 1.807) is 18.5 Å². The summed E-state index contributed by atoms with van der Waals surface area (Å²) in [5.41, 5.74) is 1.79. The van der Waals surface area contributed by atoms with Gasteiger partial charge in [0.05, 0.1) is 31.1 Å². The van der Waals surface area contributed by atoms with E-state index in [9.17, 15) is 4.79 Å². The molecule has 25 heavy (non-hydrogen) atoms. The van der Waals surface area contributed by atoms with Gasteiger partial charge in [-0.15, -0.1) is 0 Å². The Morgan fingerprint density at radius 3 is 2.16 bits per heavy atom. The van der Waals surface area contributed by atoms with E-state index in [4.69, 9.17) is 9.84 Å². The SMILES string of the molecule is CCOC(=O)c1c([C]2[CH][CH][CH][CH]2)nn(CCO)c1C.[CH]1[CH][CH][CH][CH]1.[Fe+2]. The molecule has 0 bridgehead atoms. The summed E-state index contributed by atoms with van der Waals surface area (Å²) in [7, 11) is 0. The Labute approximate surface area is 162 Å². The van der Waals surface area contributed by atoms with Crippen LogP contribution in [-0.2, 0) is 28.4 Å². The third kappa shape index (κ3) is 6.12.